The fourth-order valence-electron chi connectivity index (χ4n) is 1.47. The van der Waals surface area contributed by atoms with E-state index in [1.807, 2.05) is 42.5 Å². The van der Waals surface area contributed by atoms with Crippen molar-refractivity contribution in [2.24, 2.45) is 0 Å². The van der Waals surface area contributed by atoms with Gasteiger partial charge < -0.3 is 15.2 Å². The van der Waals surface area contributed by atoms with Crippen molar-refractivity contribution in [3.05, 3.63) is 42.5 Å². The zero-order valence-electron chi connectivity index (χ0n) is 9.07. The molecule has 0 heterocycles. The molecule has 0 saturated carbocycles. The molecule has 4 heteroatoms. The molecule has 0 saturated heterocycles. The molecule has 16 heavy (non-hydrogen) atoms. The van der Waals surface area contributed by atoms with Gasteiger partial charge in [0, 0.05) is 5.69 Å². The van der Waals surface area contributed by atoms with Crippen LogP contribution in [0.15, 0.2) is 42.5 Å². The van der Waals surface area contributed by atoms with Crippen LogP contribution in [0, 0.1) is 0 Å². The first kappa shape index (κ1) is 13.0. The molecule has 0 amide bonds. The predicted molar refractivity (Wildman–Crippen MR) is 57.4 cm³/mol. The molecule has 0 aliphatic rings. The number of benzene rings is 2. The van der Waals surface area contributed by atoms with Gasteiger partial charge in [0.2, 0.25) is 0 Å². The summed E-state index contributed by atoms with van der Waals surface area (Å²) in [5, 5.41) is 15.3. The maximum absolute atomic E-state index is 10.3. The Morgan fingerprint density at radius 2 is 1.81 bits per heavy atom. The topological polar surface area (TPSA) is 52.2 Å². The van der Waals surface area contributed by atoms with Crippen LogP contribution < -0.4 is 40.0 Å². The van der Waals surface area contributed by atoms with Crippen LogP contribution in [-0.2, 0) is 4.79 Å². The average Bonchev–Trinajstić information content (AvgIpc) is 2.26. The zero-order valence-corrected chi connectivity index (χ0v) is 11.1. The first-order valence-corrected chi connectivity index (χ1v) is 4.68. The van der Waals surface area contributed by atoms with Gasteiger partial charge in [0.25, 0.3) is 0 Å². The van der Waals surface area contributed by atoms with Crippen molar-refractivity contribution in [2.75, 3.05) is 11.9 Å². The smallest absolute Gasteiger partial charge is 0.548 e. The number of fused-ring (bicyclic) bond motifs is 1. The van der Waals surface area contributed by atoms with E-state index in [9.17, 15) is 9.90 Å². The molecule has 3 nitrogen and oxygen atoms in total. The van der Waals surface area contributed by atoms with Gasteiger partial charge in [-0.1, -0.05) is 30.3 Å². The van der Waals surface area contributed by atoms with E-state index in [1.54, 1.807) is 0 Å². The number of carbonyl (C=O) groups is 1. The first-order chi connectivity index (χ1) is 7.25. The van der Waals surface area contributed by atoms with Gasteiger partial charge in [0.15, 0.2) is 0 Å². The second-order valence-corrected chi connectivity index (χ2v) is 3.29. The molecule has 0 aromatic heterocycles. The number of hydrogen-bond donors (Lipinski definition) is 1. The third kappa shape index (κ3) is 3.23. The van der Waals surface area contributed by atoms with E-state index in [2.05, 4.69) is 5.32 Å². The monoisotopic (exact) mass is 223 g/mol. The van der Waals surface area contributed by atoms with E-state index >= 15 is 0 Å². The summed E-state index contributed by atoms with van der Waals surface area (Å²) in [5.41, 5.74) is 0.790. The summed E-state index contributed by atoms with van der Waals surface area (Å²) < 4.78 is 0. The zero-order chi connectivity index (χ0) is 10.7. The summed E-state index contributed by atoms with van der Waals surface area (Å²) in [6, 6.07) is 13.6. The van der Waals surface area contributed by atoms with Gasteiger partial charge in [0.05, 0.1) is 12.5 Å². The second kappa shape index (κ2) is 5.89. The average molecular weight is 223 g/mol. The van der Waals surface area contributed by atoms with E-state index in [4.69, 9.17) is 0 Å². The maximum Gasteiger partial charge on any atom is 1.00 e. The maximum atomic E-state index is 10.3. The Hall–Kier alpha value is -1.03. The molecule has 2 aromatic carbocycles. The first-order valence-electron chi connectivity index (χ1n) is 4.68. The molecule has 76 valence electrons. The molecule has 0 atom stereocenters. The molecule has 1 N–H and O–H groups in total. The molecule has 0 bridgehead atoms. The molecular formula is C12H10NNaO2. The third-order valence-electron chi connectivity index (χ3n) is 2.19. The van der Waals surface area contributed by atoms with E-state index < -0.39 is 5.97 Å². The SMILES string of the molecule is O=C([O-])CNc1ccc2ccccc2c1.[Na+]. The van der Waals surface area contributed by atoms with Gasteiger partial charge in [0.1, 0.15) is 0 Å². The van der Waals surface area contributed by atoms with Gasteiger partial charge >= 0.3 is 29.6 Å². The van der Waals surface area contributed by atoms with Crippen molar-refractivity contribution >= 4 is 22.4 Å². The Bertz CT molecular complexity index is 499. The van der Waals surface area contributed by atoms with Crippen LogP contribution in [0.5, 0.6) is 0 Å². The van der Waals surface area contributed by atoms with E-state index in [1.165, 1.54) is 0 Å². The Morgan fingerprint density at radius 3 is 2.50 bits per heavy atom. The molecule has 0 unspecified atom stereocenters. The molecule has 2 rings (SSSR count). The summed E-state index contributed by atoms with van der Waals surface area (Å²) in [6.07, 6.45) is 0. The van der Waals surface area contributed by atoms with Gasteiger partial charge in [-0.2, -0.15) is 0 Å². The standard InChI is InChI=1S/C12H11NO2.Na/c14-12(15)8-13-11-6-5-9-3-1-2-4-10(9)7-11;/h1-7,13H,8H2,(H,14,15);/q;+1/p-1. The van der Waals surface area contributed by atoms with Crippen molar-refractivity contribution in [1.29, 1.82) is 0 Å². The van der Waals surface area contributed by atoms with E-state index in [0.717, 1.165) is 16.5 Å². The van der Waals surface area contributed by atoms with Crippen LogP contribution in [0.1, 0.15) is 0 Å². The number of carboxylic acid groups (broad SMARTS) is 1. The fraction of sp³-hybridized carbons (Fsp3) is 0.0833. The Balaban J connectivity index is 0.00000128. The number of rotatable bonds is 3. The summed E-state index contributed by atoms with van der Waals surface area (Å²) in [4.78, 5) is 10.3. The minimum Gasteiger partial charge on any atom is -0.548 e. The van der Waals surface area contributed by atoms with Gasteiger partial charge in [-0.25, -0.2) is 0 Å². The normalized spacial score (nSPS) is 9.50. The quantitative estimate of drug-likeness (QED) is 0.613. The fourth-order valence-corrected chi connectivity index (χ4v) is 1.47. The van der Waals surface area contributed by atoms with Crippen LogP contribution in [0.4, 0.5) is 5.69 Å². The Kier molecular flexibility index (Phi) is 4.80. The minimum atomic E-state index is -1.11. The number of nitrogens with one attached hydrogen (secondary N) is 1. The van der Waals surface area contributed by atoms with E-state index in [-0.39, 0.29) is 36.1 Å². The van der Waals surface area contributed by atoms with Gasteiger partial charge in [-0.05, 0) is 22.9 Å². The van der Waals surface area contributed by atoms with Crippen LogP contribution in [0.2, 0.25) is 0 Å². The summed E-state index contributed by atoms with van der Waals surface area (Å²) in [5.74, 6) is -1.11. The van der Waals surface area contributed by atoms with Crippen molar-refractivity contribution in [3.63, 3.8) is 0 Å². The number of carbonyl (C=O) groups excluding carboxylic acids is 1. The van der Waals surface area contributed by atoms with Crippen molar-refractivity contribution < 1.29 is 39.5 Å². The Morgan fingerprint density at radius 1 is 1.12 bits per heavy atom. The minimum absolute atomic E-state index is 0. The number of aliphatic carboxylic acids is 1. The van der Waals surface area contributed by atoms with Gasteiger partial charge in [-0.3, -0.25) is 0 Å². The summed E-state index contributed by atoms with van der Waals surface area (Å²) in [6.45, 7) is -0.168. The molecule has 0 aliphatic heterocycles. The van der Waals surface area contributed by atoms with Crippen LogP contribution in [0.3, 0.4) is 0 Å². The van der Waals surface area contributed by atoms with Crippen LogP contribution >= 0.6 is 0 Å². The number of anilines is 1. The second-order valence-electron chi connectivity index (χ2n) is 3.29. The molecule has 0 aliphatic carbocycles. The summed E-state index contributed by atoms with van der Waals surface area (Å²) >= 11 is 0. The molecule has 2 aromatic rings. The van der Waals surface area contributed by atoms with Crippen LogP contribution in [-0.4, -0.2) is 12.5 Å². The molecular weight excluding hydrogens is 213 g/mol. The van der Waals surface area contributed by atoms with Crippen LogP contribution in [0.25, 0.3) is 10.8 Å². The number of carboxylic acids is 1. The third-order valence-corrected chi connectivity index (χ3v) is 2.19. The molecule has 0 fully saturated rings. The van der Waals surface area contributed by atoms with Crippen molar-refractivity contribution in [3.8, 4) is 0 Å². The van der Waals surface area contributed by atoms with Crippen molar-refractivity contribution in [2.45, 2.75) is 0 Å². The number of hydrogen-bond acceptors (Lipinski definition) is 3. The van der Waals surface area contributed by atoms with Gasteiger partial charge in [-0.15, -0.1) is 0 Å². The molecule has 0 radical (unpaired) electrons. The Labute approximate surface area is 116 Å². The molecule has 0 spiro atoms. The predicted octanol–water partition coefficient (Wildman–Crippen LogP) is -1.99. The summed E-state index contributed by atoms with van der Waals surface area (Å²) in [7, 11) is 0. The van der Waals surface area contributed by atoms with E-state index in [0.29, 0.717) is 0 Å². The van der Waals surface area contributed by atoms with Crippen molar-refractivity contribution in [1.82, 2.24) is 0 Å². The largest absolute Gasteiger partial charge is 1.00 e.